The Morgan fingerprint density at radius 3 is 2.41 bits per heavy atom. The second kappa shape index (κ2) is 4.92. The summed E-state index contributed by atoms with van der Waals surface area (Å²) in [7, 11) is 1.70. The van der Waals surface area contributed by atoms with E-state index in [0.717, 1.165) is 15.8 Å². The van der Waals surface area contributed by atoms with Crippen LogP contribution in [0, 0.1) is 13.8 Å². The van der Waals surface area contributed by atoms with Gasteiger partial charge in [-0.2, -0.15) is 0 Å². The van der Waals surface area contributed by atoms with Crippen molar-refractivity contribution in [3.63, 3.8) is 0 Å². The van der Waals surface area contributed by atoms with Gasteiger partial charge in [-0.05, 0) is 42.7 Å². The Labute approximate surface area is 111 Å². The van der Waals surface area contributed by atoms with E-state index in [4.69, 9.17) is 4.74 Å². The largest absolute Gasteiger partial charge is 0.496 e. The van der Waals surface area contributed by atoms with Gasteiger partial charge in [-0.3, -0.25) is 0 Å². The summed E-state index contributed by atoms with van der Waals surface area (Å²) >= 11 is 3.60. The number of hydrogen-bond acceptors (Lipinski definition) is 1. The average Bonchev–Trinajstić information content (AvgIpc) is 2.33. The zero-order valence-corrected chi connectivity index (χ0v) is 11.8. The van der Waals surface area contributed by atoms with Crippen LogP contribution < -0.4 is 4.74 Å². The maximum atomic E-state index is 5.45. The van der Waals surface area contributed by atoms with E-state index in [9.17, 15) is 0 Å². The molecule has 0 saturated heterocycles. The average molecular weight is 291 g/mol. The lowest BCUT2D eigenvalue weighted by Gasteiger charge is -2.14. The smallest absolute Gasteiger partial charge is 0.127 e. The Morgan fingerprint density at radius 2 is 1.71 bits per heavy atom. The minimum absolute atomic E-state index is 0.896. The van der Waals surface area contributed by atoms with Crippen molar-refractivity contribution in [1.82, 2.24) is 0 Å². The van der Waals surface area contributed by atoms with Crippen molar-refractivity contribution in [2.75, 3.05) is 7.11 Å². The first kappa shape index (κ1) is 12.2. The summed E-state index contributed by atoms with van der Waals surface area (Å²) in [5, 5.41) is 0. The van der Waals surface area contributed by atoms with Crippen LogP contribution in [-0.4, -0.2) is 7.11 Å². The van der Waals surface area contributed by atoms with Gasteiger partial charge in [0.15, 0.2) is 0 Å². The van der Waals surface area contributed by atoms with Crippen molar-refractivity contribution < 1.29 is 4.74 Å². The third-order valence-corrected chi connectivity index (χ3v) is 3.73. The maximum absolute atomic E-state index is 5.45. The predicted molar refractivity (Wildman–Crippen MR) is 75.6 cm³/mol. The first-order valence-corrected chi connectivity index (χ1v) is 6.33. The molecule has 0 unspecified atom stereocenters. The molecule has 88 valence electrons. The van der Waals surface area contributed by atoms with E-state index in [1.807, 2.05) is 18.2 Å². The van der Waals surface area contributed by atoms with E-state index < -0.39 is 0 Å². The van der Waals surface area contributed by atoms with Crippen molar-refractivity contribution in [3.05, 3.63) is 52.0 Å². The summed E-state index contributed by atoms with van der Waals surface area (Å²) in [5.41, 5.74) is 4.92. The lowest BCUT2D eigenvalue weighted by Crippen LogP contribution is -1.92. The molecule has 0 saturated carbocycles. The van der Waals surface area contributed by atoms with Gasteiger partial charge in [0, 0.05) is 10.0 Å². The van der Waals surface area contributed by atoms with E-state index in [1.54, 1.807) is 7.11 Å². The highest BCUT2D eigenvalue weighted by Gasteiger charge is 2.12. The summed E-state index contributed by atoms with van der Waals surface area (Å²) in [4.78, 5) is 0. The number of hydrogen-bond donors (Lipinski definition) is 0. The molecule has 2 aromatic carbocycles. The third kappa shape index (κ3) is 2.22. The fourth-order valence-corrected chi connectivity index (χ4v) is 2.52. The van der Waals surface area contributed by atoms with Gasteiger partial charge in [0.05, 0.1) is 7.11 Å². The normalized spacial score (nSPS) is 10.4. The number of halogens is 1. The zero-order valence-electron chi connectivity index (χ0n) is 10.3. The highest BCUT2D eigenvalue weighted by atomic mass is 79.9. The van der Waals surface area contributed by atoms with Gasteiger partial charge in [0.1, 0.15) is 5.75 Å². The van der Waals surface area contributed by atoms with Crippen LogP contribution in [0.4, 0.5) is 0 Å². The van der Waals surface area contributed by atoms with Gasteiger partial charge in [-0.25, -0.2) is 0 Å². The van der Waals surface area contributed by atoms with Gasteiger partial charge < -0.3 is 4.74 Å². The van der Waals surface area contributed by atoms with E-state index in [-0.39, 0.29) is 0 Å². The highest BCUT2D eigenvalue weighted by molar-refractivity contribution is 9.10. The Bertz CT molecular complexity index is 547. The van der Waals surface area contributed by atoms with Crippen LogP contribution in [0.1, 0.15) is 11.1 Å². The van der Waals surface area contributed by atoms with Gasteiger partial charge in [-0.1, -0.05) is 40.2 Å². The molecule has 0 aromatic heterocycles. The molecule has 0 aliphatic heterocycles. The van der Waals surface area contributed by atoms with Crippen LogP contribution in [-0.2, 0) is 0 Å². The van der Waals surface area contributed by atoms with Crippen molar-refractivity contribution in [3.8, 4) is 16.9 Å². The van der Waals surface area contributed by atoms with E-state index in [1.165, 1.54) is 16.7 Å². The van der Waals surface area contributed by atoms with Crippen molar-refractivity contribution >= 4 is 15.9 Å². The van der Waals surface area contributed by atoms with Crippen LogP contribution in [0.5, 0.6) is 5.75 Å². The topological polar surface area (TPSA) is 9.23 Å². The Kier molecular flexibility index (Phi) is 3.53. The maximum Gasteiger partial charge on any atom is 0.127 e. The minimum Gasteiger partial charge on any atom is -0.496 e. The fourth-order valence-electron chi connectivity index (χ4n) is 1.96. The molecular weight excluding hydrogens is 276 g/mol. The van der Waals surface area contributed by atoms with Crippen molar-refractivity contribution in [1.29, 1.82) is 0 Å². The van der Waals surface area contributed by atoms with Gasteiger partial charge in [-0.15, -0.1) is 0 Å². The molecule has 0 amide bonds. The molecule has 1 nitrogen and oxygen atoms in total. The molecule has 0 bridgehead atoms. The standard InChI is InChI=1S/C15H15BrO/c1-10-6-4-7-12(11(10)2)15-13(16)8-5-9-14(15)17-3/h4-9H,1-3H3. The summed E-state index contributed by atoms with van der Waals surface area (Å²) in [5.74, 6) is 0.896. The molecule has 2 heteroatoms. The third-order valence-electron chi connectivity index (χ3n) is 3.07. The first-order valence-electron chi connectivity index (χ1n) is 5.54. The van der Waals surface area contributed by atoms with Crippen LogP contribution in [0.25, 0.3) is 11.1 Å². The molecule has 2 rings (SSSR count). The quantitative estimate of drug-likeness (QED) is 0.776. The lowest BCUT2D eigenvalue weighted by atomic mass is 9.96. The van der Waals surface area contributed by atoms with E-state index >= 15 is 0 Å². The fraction of sp³-hybridized carbons (Fsp3) is 0.200. The second-order valence-electron chi connectivity index (χ2n) is 4.06. The molecule has 0 aliphatic carbocycles. The molecule has 2 aromatic rings. The number of methoxy groups -OCH3 is 1. The van der Waals surface area contributed by atoms with Crippen molar-refractivity contribution in [2.45, 2.75) is 13.8 Å². The number of benzene rings is 2. The summed E-state index contributed by atoms with van der Waals surface area (Å²) < 4.78 is 6.51. The Morgan fingerprint density at radius 1 is 1.00 bits per heavy atom. The molecule has 0 N–H and O–H groups in total. The van der Waals surface area contributed by atoms with Crippen molar-refractivity contribution in [2.24, 2.45) is 0 Å². The Balaban J connectivity index is 2.72. The van der Waals surface area contributed by atoms with Gasteiger partial charge >= 0.3 is 0 Å². The molecule has 17 heavy (non-hydrogen) atoms. The monoisotopic (exact) mass is 290 g/mol. The van der Waals surface area contributed by atoms with E-state index in [0.29, 0.717) is 0 Å². The predicted octanol–water partition coefficient (Wildman–Crippen LogP) is 4.74. The molecule has 0 spiro atoms. The zero-order chi connectivity index (χ0) is 12.4. The minimum atomic E-state index is 0.896. The van der Waals surface area contributed by atoms with E-state index in [2.05, 4.69) is 48.0 Å². The first-order chi connectivity index (χ1) is 8.15. The summed E-state index contributed by atoms with van der Waals surface area (Å²) in [6, 6.07) is 12.3. The second-order valence-corrected chi connectivity index (χ2v) is 4.92. The molecule has 0 aliphatic rings. The molecular formula is C15H15BrO. The van der Waals surface area contributed by atoms with Crippen LogP contribution in [0.3, 0.4) is 0 Å². The summed E-state index contributed by atoms with van der Waals surface area (Å²) in [6.07, 6.45) is 0. The Hall–Kier alpha value is -1.28. The van der Waals surface area contributed by atoms with Gasteiger partial charge in [0.25, 0.3) is 0 Å². The van der Waals surface area contributed by atoms with Crippen LogP contribution in [0.15, 0.2) is 40.9 Å². The SMILES string of the molecule is COc1cccc(Br)c1-c1cccc(C)c1C. The number of rotatable bonds is 2. The highest BCUT2D eigenvalue weighted by Crippen LogP contribution is 2.38. The van der Waals surface area contributed by atoms with Gasteiger partial charge in [0.2, 0.25) is 0 Å². The molecule has 0 heterocycles. The molecule has 0 atom stereocenters. The lowest BCUT2D eigenvalue weighted by molar-refractivity contribution is 0.416. The summed E-state index contributed by atoms with van der Waals surface area (Å²) in [6.45, 7) is 4.27. The number of aryl methyl sites for hydroxylation is 1. The molecule has 0 radical (unpaired) electrons. The number of ether oxygens (including phenoxy) is 1. The van der Waals surface area contributed by atoms with Crippen LogP contribution in [0.2, 0.25) is 0 Å². The van der Waals surface area contributed by atoms with Crippen LogP contribution >= 0.6 is 15.9 Å². The molecule has 0 fully saturated rings.